The first-order valence-electron chi connectivity index (χ1n) is 12.1. The number of aryl methyl sites for hydroxylation is 3. The Balaban J connectivity index is 1.76. The van der Waals surface area contributed by atoms with Crippen LogP contribution in [0.3, 0.4) is 0 Å². The molecule has 1 N–H and O–H groups in total. The summed E-state index contributed by atoms with van der Waals surface area (Å²) in [7, 11) is 0. The number of carbonyl (C=O) groups excluding carboxylic acids is 2. The molecule has 1 saturated carbocycles. The van der Waals surface area contributed by atoms with Crippen LogP contribution in [0, 0.1) is 27.7 Å². The molecular formula is C28H38N2O3. The summed E-state index contributed by atoms with van der Waals surface area (Å²) < 4.78 is 5.97. The van der Waals surface area contributed by atoms with E-state index in [-0.39, 0.29) is 24.5 Å². The van der Waals surface area contributed by atoms with Crippen molar-refractivity contribution in [2.75, 3.05) is 6.61 Å². The van der Waals surface area contributed by atoms with Crippen molar-refractivity contribution < 1.29 is 14.3 Å². The lowest BCUT2D eigenvalue weighted by Gasteiger charge is -2.31. The van der Waals surface area contributed by atoms with Crippen LogP contribution in [-0.2, 0) is 16.1 Å². The van der Waals surface area contributed by atoms with Gasteiger partial charge in [-0.15, -0.1) is 0 Å². The van der Waals surface area contributed by atoms with Crippen LogP contribution in [0.25, 0.3) is 0 Å². The van der Waals surface area contributed by atoms with Crippen LogP contribution in [0.1, 0.15) is 66.8 Å². The van der Waals surface area contributed by atoms with E-state index in [0.29, 0.717) is 6.54 Å². The summed E-state index contributed by atoms with van der Waals surface area (Å²) in [5, 5.41) is 3.18. The number of hydrogen-bond donors (Lipinski definition) is 1. The molecule has 178 valence electrons. The Labute approximate surface area is 198 Å². The summed E-state index contributed by atoms with van der Waals surface area (Å²) in [4.78, 5) is 28.1. The highest BCUT2D eigenvalue weighted by Crippen LogP contribution is 2.24. The molecule has 0 radical (unpaired) electrons. The van der Waals surface area contributed by atoms with Gasteiger partial charge in [0, 0.05) is 12.6 Å². The van der Waals surface area contributed by atoms with E-state index in [4.69, 9.17) is 4.74 Å². The van der Waals surface area contributed by atoms with Gasteiger partial charge in [-0.1, -0.05) is 49.6 Å². The van der Waals surface area contributed by atoms with Gasteiger partial charge in [-0.25, -0.2) is 0 Å². The Morgan fingerprint density at radius 1 is 1.03 bits per heavy atom. The lowest BCUT2D eigenvalue weighted by molar-refractivity contribution is -0.142. The molecule has 2 aromatic rings. The zero-order valence-electron chi connectivity index (χ0n) is 20.7. The molecule has 0 spiro atoms. The van der Waals surface area contributed by atoms with Crippen LogP contribution in [0.5, 0.6) is 5.75 Å². The fraction of sp³-hybridized carbons (Fsp3) is 0.500. The standard InChI is InChI=1S/C28H38N2O3/c1-19-15-21(3)22(4)26(16-19)33-18-27(31)30(17-24-12-10-9-11-20(24)2)23(5)28(32)29-25-13-7-6-8-14-25/h9-12,15-16,23,25H,6-8,13-14,17-18H2,1-5H3,(H,29,32)/t23-/m0/s1. The molecule has 2 aromatic carbocycles. The van der Waals surface area contributed by atoms with Gasteiger partial charge in [-0.05, 0) is 81.3 Å². The minimum Gasteiger partial charge on any atom is -0.483 e. The maximum atomic E-state index is 13.4. The first-order valence-corrected chi connectivity index (χ1v) is 12.1. The fourth-order valence-electron chi connectivity index (χ4n) is 4.50. The Morgan fingerprint density at radius 2 is 1.73 bits per heavy atom. The molecule has 33 heavy (non-hydrogen) atoms. The SMILES string of the molecule is Cc1cc(C)c(C)c(OCC(=O)N(Cc2ccccc2C)[C@@H](C)C(=O)NC2CCCCC2)c1. The molecule has 5 nitrogen and oxygen atoms in total. The van der Waals surface area contributed by atoms with E-state index in [1.54, 1.807) is 4.90 Å². The van der Waals surface area contributed by atoms with Crippen LogP contribution in [0.15, 0.2) is 36.4 Å². The first-order chi connectivity index (χ1) is 15.8. The number of hydrogen-bond acceptors (Lipinski definition) is 3. The van der Waals surface area contributed by atoms with E-state index < -0.39 is 6.04 Å². The van der Waals surface area contributed by atoms with Gasteiger partial charge in [0.05, 0.1) is 0 Å². The zero-order valence-corrected chi connectivity index (χ0v) is 20.7. The van der Waals surface area contributed by atoms with Gasteiger partial charge < -0.3 is 15.0 Å². The van der Waals surface area contributed by atoms with Crippen LogP contribution in [-0.4, -0.2) is 35.4 Å². The topological polar surface area (TPSA) is 58.6 Å². The third kappa shape index (κ3) is 6.59. The Hall–Kier alpha value is -2.82. The van der Waals surface area contributed by atoms with Crippen LogP contribution in [0.2, 0.25) is 0 Å². The predicted molar refractivity (Wildman–Crippen MR) is 132 cm³/mol. The lowest BCUT2D eigenvalue weighted by atomic mass is 9.95. The van der Waals surface area contributed by atoms with Crippen molar-refractivity contribution in [1.82, 2.24) is 10.2 Å². The van der Waals surface area contributed by atoms with Gasteiger partial charge >= 0.3 is 0 Å². The monoisotopic (exact) mass is 450 g/mol. The summed E-state index contributed by atoms with van der Waals surface area (Å²) in [5.41, 5.74) is 5.39. The molecule has 3 rings (SSSR count). The van der Waals surface area contributed by atoms with Crippen molar-refractivity contribution in [2.45, 2.75) is 85.4 Å². The highest BCUT2D eigenvalue weighted by Gasteiger charge is 2.28. The van der Waals surface area contributed by atoms with Crippen LogP contribution < -0.4 is 10.1 Å². The molecule has 0 aliphatic heterocycles. The summed E-state index contributed by atoms with van der Waals surface area (Å²) in [6.45, 7) is 10.2. The highest BCUT2D eigenvalue weighted by atomic mass is 16.5. The van der Waals surface area contributed by atoms with E-state index in [1.165, 1.54) is 6.42 Å². The van der Waals surface area contributed by atoms with Gasteiger partial charge in [0.15, 0.2) is 6.61 Å². The van der Waals surface area contributed by atoms with E-state index in [0.717, 1.165) is 59.3 Å². The van der Waals surface area contributed by atoms with Crippen molar-refractivity contribution in [3.8, 4) is 5.75 Å². The second-order valence-electron chi connectivity index (χ2n) is 9.46. The van der Waals surface area contributed by atoms with Crippen molar-refractivity contribution in [1.29, 1.82) is 0 Å². The molecule has 0 bridgehead atoms. The summed E-state index contributed by atoms with van der Waals surface area (Å²) >= 11 is 0. The van der Waals surface area contributed by atoms with Gasteiger partial charge in [0.2, 0.25) is 5.91 Å². The van der Waals surface area contributed by atoms with Crippen molar-refractivity contribution in [2.24, 2.45) is 0 Å². The molecule has 1 aliphatic carbocycles. The van der Waals surface area contributed by atoms with Gasteiger partial charge in [0.1, 0.15) is 11.8 Å². The predicted octanol–water partition coefficient (Wildman–Crippen LogP) is 5.17. The van der Waals surface area contributed by atoms with Crippen molar-refractivity contribution in [3.05, 3.63) is 64.2 Å². The molecule has 0 aromatic heterocycles. The number of amides is 2. The molecule has 1 atom stereocenters. The van der Waals surface area contributed by atoms with Crippen molar-refractivity contribution >= 4 is 11.8 Å². The van der Waals surface area contributed by atoms with Gasteiger partial charge in [0.25, 0.3) is 5.91 Å². The summed E-state index contributed by atoms with van der Waals surface area (Å²) in [6.07, 6.45) is 5.55. The number of nitrogens with zero attached hydrogens (tertiary/aromatic N) is 1. The molecule has 0 saturated heterocycles. The summed E-state index contributed by atoms with van der Waals surface area (Å²) in [5.74, 6) is 0.436. The van der Waals surface area contributed by atoms with E-state index >= 15 is 0 Å². The fourth-order valence-corrected chi connectivity index (χ4v) is 4.50. The molecule has 0 unspecified atom stereocenters. The molecule has 1 aliphatic rings. The third-order valence-electron chi connectivity index (χ3n) is 6.84. The maximum absolute atomic E-state index is 13.4. The van der Waals surface area contributed by atoms with E-state index in [1.807, 2.05) is 65.0 Å². The van der Waals surface area contributed by atoms with Crippen molar-refractivity contribution in [3.63, 3.8) is 0 Å². The Bertz CT molecular complexity index is 979. The highest BCUT2D eigenvalue weighted by molar-refractivity contribution is 5.88. The molecule has 2 amide bonds. The third-order valence-corrected chi connectivity index (χ3v) is 6.84. The largest absolute Gasteiger partial charge is 0.483 e. The second-order valence-corrected chi connectivity index (χ2v) is 9.46. The Morgan fingerprint density at radius 3 is 2.42 bits per heavy atom. The number of nitrogens with one attached hydrogen (secondary N) is 1. The molecule has 5 heteroatoms. The summed E-state index contributed by atoms with van der Waals surface area (Å²) in [6, 6.07) is 11.7. The van der Waals surface area contributed by atoms with Crippen LogP contribution in [0.4, 0.5) is 0 Å². The van der Waals surface area contributed by atoms with Crippen LogP contribution >= 0.6 is 0 Å². The maximum Gasteiger partial charge on any atom is 0.261 e. The smallest absolute Gasteiger partial charge is 0.261 e. The average molecular weight is 451 g/mol. The quantitative estimate of drug-likeness (QED) is 0.604. The lowest BCUT2D eigenvalue weighted by Crippen LogP contribution is -2.51. The number of carbonyl (C=O) groups is 2. The molecular weight excluding hydrogens is 412 g/mol. The normalized spacial score (nSPS) is 15.1. The zero-order chi connectivity index (χ0) is 24.0. The first kappa shape index (κ1) is 24.8. The molecule has 1 fully saturated rings. The number of benzene rings is 2. The minimum atomic E-state index is -0.581. The van der Waals surface area contributed by atoms with E-state index in [2.05, 4.69) is 11.4 Å². The Kier molecular flexibility index (Phi) is 8.54. The van der Waals surface area contributed by atoms with Gasteiger partial charge in [-0.2, -0.15) is 0 Å². The number of rotatable bonds is 8. The molecule has 0 heterocycles. The minimum absolute atomic E-state index is 0.0913. The number of ether oxygens (including phenoxy) is 1. The van der Waals surface area contributed by atoms with E-state index in [9.17, 15) is 9.59 Å². The van der Waals surface area contributed by atoms with Gasteiger partial charge in [-0.3, -0.25) is 9.59 Å². The average Bonchev–Trinajstić information content (AvgIpc) is 2.80. The second kappa shape index (κ2) is 11.4.